The van der Waals surface area contributed by atoms with Crippen molar-refractivity contribution < 1.29 is 9.13 Å². The van der Waals surface area contributed by atoms with Crippen molar-refractivity contribution in [3.63, 3.8) is 0 Å². The van der Waals surface area contributed by atoms with Gasteiger partial charge < -0.3 is 9.72 Å². The number of rotatable bonds is 1. The minimum absolute atomic E-state index is 0.275. The Bertz CT molecular complexity index is 947. The molecule has 1 N–H and O–H groups in total. The van der Waals surface area contributed by atoms with Crippen molar-refractivity contribution in [2.75, 3.05) is 0 Å². The van der Waals surface area contributed by atoms with Gasteiger partial charge in [-0.15, -0.1) is 0 Å². The highest BCUT2D eigenvalue weighted by atomic mass is 127. The van der Waals surface area contributed by atoms with Gasteiger partial charge in [-0.3, -0.25) is 0 Å². The second-order valence-corrected chi connectivity index (χ2v) is 7.81. The molecule has 1 aliphatic heterocycles. The standard InChI is InChI=1S/C18H13ClFIN2O/c1-18(2)16-15(10-8-9(21)6-7-13(10)24-18)22-17(23-16)14-11(19)4-3-5-12(14)20/h3-8H,1-2H3,(H,22,23). The molecule has 24 heavy (non-hydrogen) atoms. The quantitative estimate of drug-likeness (QED) is 0.474. The molecule has 1 aromatic heterocycles. The number of hydrogen-bond acceptors (Lipinski definition) is 2. The summed E-state index contributed by atoms with van der Waals surface area (Å²) < 4.78 is 21.5. The van der Waals surface area contributed by atoms with Gasteiger partial charge >= 0.3 is 0 Å². The first kappa shape index (κ1) is 15.9. The van der Waals surface area contributed by atoms with Crippen LogP contribution in [0.25, 0.3) is 22.6 Å². The lowest BCUT2D eigenvalue weighted by Gasteiger charge is -2.31. The van der Waals surface area contributed by atoms with Crippen molar-refractivity contribution in [1.82, 2.24) is 9.97 Å². The number of ether oxygens (including phenoxy) is 1. The van der Waals surface area contributed by atoms with E-state index in [0.717, 1.165) is 26.3 Å². The van der Waals surface area contributed by atoms with Gasteiger partial charge in [0.2, 0.25) is 0 Å². The predicted molar refractivity (Wildman–Crippen MR) is 101 cm³/mol. The van der Waals surface area contributed by atoms with Crippen LogP contribution >= 0.6 is 34.2 Å². The number of halogens is 3. The molecule has 122 valence electrons. The van der Waals surface area contributed by atoms with Crippen LogP contribution in [-0.2, 0) is 5.60 Å². The number of nitrogens with one attached hydrogen (secondary N) is 1. The molecule has 3 nitrogen and oxygen atoms in total. The maximum Gasteiger partial charge on any atom is 0.145 e. The van der Waals surface area contributed by atoms with Gasteiger partial charge in [0.25, 0.3) is 0 Å². The number of benzene rings is 2. The molecule has 0 saturated carbocycles. The molecule has 0 bridgehead atoms. The molecule has 4 rings (SSSR count). The summed E-state index contributed by atoms with van der Waals surface area (Å²) in [4.78, 5) is 7.88. The number of nitrogens with zero attached hydrogens (tertiary/aromatic N) is 1. The highest BCUT2D eigenvalue weighted by molar-refractivity contribution is 14.1. The Labute approximate surface area is 157 Å². The van der Waals surface area contributed by atoms with Crippen molar-refractivity contribution in [3.8, 4) is 28.4 Å². The molecule has 2 aromatic carbocycles. The van der Waals surface area contributed by atoms with Crippen LogP contribution in [0.15, 0.2) is 36.4 Å². The van der Waals surface area contributed by atoms with E-state index in [4.69, 9.17) is 16.3 Å². The highest BCUT2D eigenvalue weighted by Crippen LogP contribution is 2.45. The Morgan fingerprint density at radius 3 is 2.79 bits per heavy atom. The van der Waals surface area contributed by atoms with E-state index in [9.17, 15) is 4.39 Å². The van der Waals surface area contributed by atoms with Crippen molar-refractivity contribution in [2.45, 2.75) is 19.4 Å². The molecule has 3 aromatic rings. The van der Waals surface area contributed by atoms with E-state index in [1.807, 2.05) is 32.0 Å². The molecule has 6 heteroatoms. The summed E-state index contributed by atoms with van der Waals surface area (Å²) in [6.45, 7) is 3.91. The third kappa shape index (κ3) is 2.41. The second-order valence-electron chi connectivity index (χ2n) is 6.16. The molecule has 0 unspecified atom stereocenters. The van der Waals surface area contributed by atoms with Crippen LogP contribution in [0.4, 0.5) is 4.39 Å². The van der Waals surface area contributed by atoms with Crippen molar-refractivity contribution >= 4 is 34.2 Å². The molecular formula is C18H13ClFIN2O. The Morgan fingerprint density at radius 2 is 2.04 bits per heavy atom. The summed E-state index contributed by atoms with van der Waals surface area (Å²) in [6, 6.07) is 10.5. The van der Waals surface area contributed by atoms with Gasteiger partial charge in [0.05, 0.1) is 22.0 Å². The van der Waals surface area contributed by atoms with Crippen LogP contribution in [-0.4, -0.2) is 9.97 Å². The summed E-state index contributed by atoms with van der Waals surface area (Å²) in [7, 11) is 0. The summed E-state index contributed by atoms with van der Waals surface area (Å²) in [5.41, 5.74) is 2.15. The first-order valence-electron chi connectivity index (χ1n) is 7.40. The first-order valence-corrected chi connectivity index (χ1v) is 8.86. The van der Waals surface area contributed by atoms with Gasteiger partial charge in [0.15, 0.2) is 0 Å². The summed E-state index contributed by atoms with van der Waals surface area (Å²) in [6.07, 6.45) is 0. The van der Waals surface area contributed by atoms with Crippen molar-refractivity contribution in [3.05, 3.63) is 56.5 Å². The van der Waals surface area contributed by atoms with Crippen LogP contribution in [0, 0.1) is 9.39 Å². The average Bonchev–Trinajstić information content (AvgIpc) is 2.94. The van der Waals surface area contributed by atoms with Gasteiger partial charge in [0.1, 0.15) is 23.0 Å². The zero-order valence-corrected chi connectivity index (χ0v) is 15.9. The number of imidazole rings is 1. The van der Waals surface area contributed by atoms with Gasteiger partial charge in [0, 0.05) is 9.13 Å². The van der Waals surface area contributed by atoms with Crippen LogP contribution in [0.2, 0.25) is 5.02 Å². The SMILES string of the molecule is CC1(C)Oc2ccc(I)cc2-c2nc(-c3c(F)cccc3Cl)[nH]c21. The largest absolute Gasteiger partial charge is 0.481 e. The number of H-pyrrole nitrogens is 1. The van der Waals surface area contributed by atoms with E-state index in [2.05, 4.69) is 32.6 Å². The zero-order chi connectivity index (χ0) is 17.1. The fourth-order valence-corrected chi connectivity index (χ4v) is 3.69. The van der Waals surface area contributed by atoms with Crippen molar-refractivity contribution in [2.24, 2.45) is 0 Å². The molecule has 0 aliphatic carbocycles. The Kier molecular flexibility index (Phi) is 3.61. The summed E-state index contributed by atoms with van der Waals surface area (Å²) in [5.74, 6) is 0.771. The topological polar surface area (TPSA) is 37.9 Å². The molecule has 0 spiro atoms. The van der Waals surface area contributed by atoms with Crippen LogP contribution in [0.5, 0.6) is 5.75 Å². The molecule has 0 fully saturated rings. The molecule has 2 heterocycles. The minimum Gasteiger partial charge on any atom is -0.481 e. The van der Waals surface area contributed by atoms with E-state index >= 15 is 0 Å². The number of hydrogen-bond donors (Lipinski definition) is 1. The van der Waals surface area contributed by atoms with Crippen LogP contribution in [0.3, 0.4) is 0 Å². The average molecular weight is 455 g/mol. The number of fused-ring (bicyclic) bond motifs is 3. The number of aromatic nitrogens is 2. The molecule has 1 aliphatic rings. The van der Waals surface area contributed by atoms with Crippen molar-refractivity contribution in [1.29, 1.82) is 0 Å². The maximum atomic E-state index is 14.3. The summed E-state index contributed by atoms with van der Waals surface area (Å²) in [5, 5.41) is 0.322. The highest BCUT2D eigenvalue weighted by Gasteiger charge is 2.36. The molecule has 0 radical (unpaired) electrons. The van der Waals surface area contributed by atoms with E-state index in [1.54, 1.807) is 12.1 Å². The lowest BCUT2D eigenvalue weighted by Crippen LogP contribution is -2.29. The van der Waals surface area contributed by atoms with E-state index < -0.39 is 11.4 Å². The van der Waals surface area contributed by atoms with Gasteiger partial charge in [-0.25, -0.2) is 9.37 Å². The Balaban J connectivity index is 1.99. The van der Waals surface area contributed by atoms with Crippen LogP contribution in [0.1, 0.15) is 19.5 Å². The van der Waals surface area contributed by atoms with E-state index in [1.165, 1.54) is 6.07 Å². The smallest absolute Gasteiger partial charge is 0.145 e. The molecular weight excluding hydrogens is 442 g/mol. The molecule has 0 amide bonds. The fraction of sp³-hybridized carbons (Fsp3) is 0.167. The van der Waals surface area contributed by atoms with Gasteiger partial charge in [-0.2, -0.15) is 0 Å². The second kappa shape index (κ2) is 5.46. The third-order valence-corrected chi connectivity index (χ3v) is 5.05. The maximum absolute atomic E-state index is 14.3. The van der Waals surface area contributed by atoms with Gasteiger partial charge in [-0.1, -0.05) is 17.7 Å². The number of aromatic amines is 1. The first-order chi connectivity index (χ1) is 11.4. The molecule has 0 atom stereocenters. The van der Waals surface area contributed by atoms with Gasteiger partial charge in [-0.05, 0) is 66.8 Å². The Morgan fingerprint density at radius 1 is 1.25 bits per heavy atom. The van der Waals surface area contributed by atoms with E-state index in [0.29, 0.717) is 10.8 Å². The molecule has 0 saturated heterocycles. The normalized spacial score (nSPS) is 14.7. The monoisotopic (exact) mass is 454 g/mol. The van der Waals surface area contributed by atoms with E-state index in [-0.39, 0.29) is 5.56 Å². The van der Waals surface area contributed by atoms with Crippen LogP contribution < -0.4 is 4.74 Å². The minimum atomic E-state index is -0.599. The predicted octanol–water partition coefficient (Wildman–Crippen LogP) is 5.77. The zero-order valence-electron chi connectivity index (χ0n) is 13.0. The fourth-order valence-electron chi connectivity index (χ4n) is 2.95. The Hall–Kier alpha value is -1.60. The lowest BCUT2D eigenvalue weighted by molar-refractivity contribution is 0.101. The third-order valence-electron chi connectivity index (χ3n) is 4.07. The summed E-state index contributed by atoms with van der Waals surface area (Å²) >= 11 is 8.44. The lowest BCUT2D eigenvalue weighted by atomic mass is 9.95.